The van der Waals surface area contributed by atoms with Crippen LogP contribution in [0, 0.1) is 0 Å². The zero-order valence-electron chi connectivity index (χ0n) is 14.2. The van der Waals surface area contributed by atoms with Crippen molar-refractivity contribution in [3.05, 3.63) is 35.9 Å². The number of piperazine rings is 1. The van der Waals surface area contributed by atoms with Crippen LogP contribution in [0.5, 0.6) is 0 Å². The van der Waals surface area contributed by atoms with Gasteiger partial charge in [0.05, 0.1) is 0 Å². The van der Waals surface area contributed by atoms with Gasteiger partial charge in [0.15, 0.2) is 5.78 Å². The van der Waals surface area contributed by atoms with Gasteiger partial charge in [0.1, 0.15) is 5.60 Å². The van der Waals surface area contributed by atoms with Crippen LogP contribution in [0.15, 0.2) is 30.3 Å². The monoisotopic (exact) mass is 318 g/mol. The minimum absolute atomic E-state index is 0.167. The molecule has 0 spiro atoms. The Morgan fingerprint density at radius 2 is 1.65 bits per heavy atom. The molecule has 5 nitrogen and oxygen atoms in total. The second kappa shape index (κ2) is 7.59. The first-order valence-corrected chi connectivity index (χ1v) is 8.14. The molecule has 0 aliphatic carbocycles. The number of carbonyl (C=O) groups is 2. The molecule has 0 radical (unpaired) electrons. The minimum atomic E-state index is -0.462. The number of ether oxygens (including phenoxy) is 1. The maximum Gasteiger partial charge on any atom is 0.410 e. The van der Waals surface area contributed by atoms with Crippen LogP contribution in [0.2, 0.25) is 0 Å². The second-order valence-corrected chi connectivity index (χ2v) is 6.85. The number of hydrogen-bond donors (Lipinski definition) is 0. The highest BCUT2D eigenvalue weighted by molar-refractivity contribution is 5.96. The van der Waals surface area contributed by atoms with Gasteiger partial charge in [-0.1, -0.05) is 30.3 Å². The van der Waals surface area contributed by atoms with Gasteiger partial charge in [0.2, 0.25) is 0 Å². The Labute approximate surface area is 138 Å². The van der Waals surface area contributed by atoms with Gasteiger partial charge in [0.25, 0.3) is 0 Å². The summed E-state index contributed by atoms with van der Waals surface area (Å²) < 4.78 is 5.38. The van der Waals surface area contributed by atoms with Gasteiger partial charge < -0.3 is 9.64 Å². The predicted octanol–water partition coefficient (Wildman–Crippen LogP) is 2.81. The topological polar surface area (TPSA) is 49.9 Å². The van der Waals surface area contributed by atoms with Gasteiger partial charge in [0, 0.05) is 44.7 Å². The third-order valence-electron chi connectivity index (χ3n) is 3.77. The van der Waals surface area contributed by atoms with Gasteiger partial charge in [-0.2, -0.15) is 0 Å². The molecule has 1 amide bonds. The number of rotatable bonds is 4. The van der Waals surface area contributed by atoms with E-state index >= 15 is 0 Å². The molecule has 1 aromatic rings. The Balaban J connectivity index is 1.73. The van der Waals surface area contributed by atoms with Crippen LogP contribution in [0.25, 0.3) is 0 Å². The fraction of sp³-hybridized carbons (Fsp3) is 0.556. The molecule has 2 rings (SSSR count). The van der Waals surface area contributed by atoms with Gasteiger partial charge in [-0.15, -0.1) is 0 Å². The van der Waals surface area contributed by atoms with Crippen LogP contribution in [0.4, 0.5) is 4.79 Å². The van der Waals surface area contributed by atoms with Crippen molar-refractivity contribution < 1.29 is 14.3 Å². The normalized spacial score (nSPS) is 16.2. The second-order valence-electron chi connectivity index (χ2n) is 6.85. The Bertz CT molecular complexity index is 529. The van der Waals surface area contributed by atoms with Crippen LogP contribution < -0.4 is 0 Å². The Morgan fingerprint density at radius 3 is 2.22 bits per heavy atom. The summed E-state index contributed by atoms with van der Waals surface area (Å²) in [6.45, 7) is 9.20. The van der Waals surface area contributed by atoms with Gasteiger partial charge in [-0.25, -0.2) is 4.79 Å². The molecule has 0 atom stereocenters. The first-order chi connectivity index (χ1) is 10.8. The maximum atomic E-state index is 12.1. The van der Waals surface area contributed by atoms with Gasteiger partial charge in [-0.05, 0) is 20.8 Å². The average molecular weight is 318 g/mol. The zero-order valence-corrected chi connectivity index (χ0v) is 14.2. The van der Waals surface area contributed by atoms with Gasteiger partial charge in [-0.3, -0.25) is 9.69 Å². The molecule has 126 valence electrons. The van der Waals surface area contributed by atoms with Crippen LogP contribution in [0.1, 0.15) is 37.6 Å². The van der Waals surface area contributed by atoms with Crippen molar-refractivity contribution in [1.82, 2.24) is 9.80 Å². The van der Waals surface area contributed by atoms with E-state index in [0.717, 1.165) is 25.2 Å². The summed E-state index contributed by atoms with van der Waals surface area (Å²) >= 11 is 0. The van der Waals surface area contributed by atoms with Crippen molar-refractivity contribution >= 4 is 11.9 Å². The molecule has 1 aliphatic rings. The molecule has 1 fully saturated rings. The van der Waals surface area contributed by atoms with E-state index in [4.69, 9.17) is 4.74 Å². The van der Waals surface area contributed by atoms with E-state index in [1.807, 2.05) is 51.1 Å². The predicted molar refractivity (Wildman–Crippen MR) is 89.6 cm³/mol. The Morgan fingerprint density at radius 1 is 1.04 bits per heavy atom. The summed E-state index contributed by atoms with van der Waals surface area (Å²) in [5, 5.41) is 0. The number of Topliss-reactive ketones (excluding diaryl/α,β-unsaturated/α-hetero) is 1. The number of amides is 1. The van der Waals surface area contributed by atoms with E-state index in [9.17, 15) is 9.59 Å². The van der Waals surface area contributed by atoms with E-state index in [-0.39, 0.29) is 11.9 Å². The third-order valence-corrected chi connectivity index (χ3v) is 3.77. The standard InChI is InChI=1S/C18H26N2O3/c1-18(2,3)23-17(22)20-13-11-19(12-14-20)10-9-16(21)15-7-5-4-6-8-15/h4-8H,9-14H2,1-3H3. The summed E-state index contributed by atoms with van der Waals surface area (Å²) in [7, 11) is 0. The molecular weight excluding hydrogens is 292 g/mol. The smallest absolute Gasteiger partial charge is 0.410 e. The maximum absolute atomic E-state index is 12.1. The van der Waals surface area contributed by atoms with Crippen molar-refractivity contribution in [1.29, 1.82) is 0 Å². The van der Waals surface area contributed by atoms with Crippen LogP contribution in [-0.4, -0.2) is 60.0 Å². The minimum Gasteiger partial charge on any atom is -0.444 e. The van der Waals surface area contributed by atoms with E-state index in [2.05, 4.69) is 4.90 Å². The summed E-state index contributed by atoms with van der Waals surface area (Å²) in [6, 6.07) is 9.37. The van der Waals surface area contributed by atoms with E-state index in [1.54, 1.807) is 4.90 Å². The molecule has 0 N–H and O–H groups in total. The molecule has 1 heterocycles. The first-order valence-electron chi connectivity index (χ1n) is 8.14. The fourth-order valence-corrected chi connectivity index (χ4v) is 2.51. The lowest BCUT2D eigenvalue weighted by Gasteiger charge is -2.35. The van der Waals surface area contributed by atoms with Gasteiger partial charge >= 0.3 is 6.09 Å². The molecule has 23 heavy (non-hydrogen) atoms. The average Bonchev–Trinajstić information content (AvgIpc) is 2.52. The highest BCUT2D eigenvalue weighted by atomic mass is 16.6. The lowest BCUT2D eigenvalue weighted by Crippen LogP contribution is -2.50. The first kappa shape index (κ1) is 17.5. The molecule has 1 aromatic carbocycles. The fourth-order valence-electron chi connectivity index (χ4n) is 2.51. The third kappa shape index (κ3) is 5.67. The Hall–Kier alpha value is -1.88. The van der Waals surface area contributed by atoms with Crippen molar-refractivity contribution in [2.45, 2.75) is 32.8 Å². The quantitative estimate of drug-likeness (QED) is 0.801. The van der Waals surface area contributed by atoms with Crippen LogP contribution >= 0.6 is 0 Å². The van der Waals surface area contributed by atoms with Crippen molar-refractivity contribution in [2.75, 3.05) is 32.7 Å². The van der Waals surface area contributed by atoms with Crippen molar-refractivity contribution in [3.63, 3.8) is 0 Å². The van der Waals surface area contributed by atoms with E-state index < -0.39 is 5.60 Å². The summed E-state index contributed by atoms with van der Waals surface area (Å²) in [5.74, 6) is 0.167. The molecule has 0 saturated carbocycles. The number of hydrogen-bond acceptors (Lipinski definition) is 4. The van der Waals surface area contributed by atoms with Crippen LogP contribution in [0.3, 0.4) is 0 Å². The van der Waals surface area contributed by atoms with Crippen molar-refractivity contribution in [3.8, 4) is 0 Å². The van der Waals surface area contributed by atoms with E-state index in [1.165, 1.54) is 0 Å². The molecular formula is C18H26N2O3. The molecule has 0 bridgehead atoms. The van der Waals surface area contributed by atoms with E-state index in [0.29, 0.717) is 19.5 Å². The molecule has 5 heteroatoms. The number of carbonyl (C=O) groups excluding carboxylic acids is 2. The number of ketones is 1. The lowest BCUT2D eigenvalue weighted by atomic mass is 10.1. The summed E-state index contributed by atoms with van der Waals surface area (Å²) in [4.78, 5) is 28.1. The molecule has 1 saturated heterocycles. The molecule has 1 aliphatic heterocycles. The Kier molecular flexibility index (Phi) is 5.77. The highest BCUT2D eigenvalue weighted by Crippen LogP contribution is 2.12. The number of nitrogens with zero attached hydrogens (tertiary/aromatic N) is 2. The molecule has 0 unspecified atom stereocenters. The van der Waals surface area contributed by atoms with Crippen LogP contribution in [-0.2, 0) is 4.74 Å². The van der Waals surface area contributed by atoms with Crippen molar-refractivity contribution in [2.24, 2.45) is 0 Å². The highest BCUT2D eigenvalue weighted by Gasteiger charge is 2.25. The SMILES string of the molecule is CC(C)(C)OC(=O)N1CCN(CCC(=O)c2ccccc2)CC1. The lowest BCUT2D eigenvalue weighted by molar-refractivity contribution is 0.0144. The zero-order chi connectivity index (χ0) is 16.9. The molecule has 0 aromatic heterocycles. The number of benzene rings is 1. The largest absolute Gasteiger partial charge is 0.444 e. The summed E-state index contributed by atoms with van der Waals surface area (Å²) in [5.41, 5.74) is 0.302. The summed E-state index contributed by atoms with van der Waals surface area (Å²) in [6.07, 6.45) is 0.258.